The second-order valence-corrected chi connectivity index (χ2v) is 7.43. The fourth-order valence-electron chi connectivity index (χ4n) is 2.59. The van der Waals surface area contributed by atoms with Gasteiger partial charge in [-0.2, -0.15) is 5.09 Å². The maximum absolute atomic E-state index is 13.5. The minimum Gasteiger partial charge on any atom is -0.405 e. The van der Waals surface area contributed by atoms with Crippen LogP contribution in [0.4, 0.5) is 0 Å². The summed E-state index contributed by atoms with van der Waals surface area (Å²) in [6.45, 7) is 2.03. The molecule has 3 aromatic rings. The Kier molecular flexibility index (Phi) is 6.11. The second-order valence-electron chi connectivity index (χ2n) is 5.81. The van der Waals surface area contributed by atoms with Crippen molar-refractivity contribution < 1.29 is 13.6 Å². The number of benzene rings is 3. The summed E-state index contributed by atoms with van der Waals surface area (Å²) in [4.78, 5) is 0. The summed E-state index contributed by atoms with van der Waals surface area (Å²) >= 11 is 0. The average Bonchev–Trinajstić information content (AvgIpc) is 2.68. The number of hydrogen-bond acceptors (Lipinski definition) is 3. The van der Waals surface area contributed by atoms with Gasteiger partial charge >= 0.3 is 7.75 Å². The summed E-state index contributed by atoms with van der Waals surface area (Å²) in [6.07, 6.45) is 0.740. The Morgan fingerprint density at radius 2 is 1.19 bits per heavy atom. The van der Waals surface area contributed by atoms with Crippen LogP contribution in [0.2, 0.25) is 0 Å². The highest BCUT2D eigenvalue weighted by atomic mass is 31.2. The Hall–Kier alpha value is -2.55. The van der Waals surface area contributed by atoms with Crippen LogP contribution in [0.5, 0.6) is 11.5 Å². The van der Waals surface area contributed by atoms with Gasteiger partial charge in [-0.15, -0.1) is 0 Å². The lowest BCUT2D eigenvalue weighted by molar-refractivity contribution is 0.359. The molecule has 5 heteroatoms. The van der Waals surface area contributed by atoms with E-state index >= 15 is 0 Å². The molecule has 0 fully saturated rings. The lowest BCUT2D eigenvalue weighted by atomic mass is 10.1. The van der Waals surface area contributed by atoms with Gasteiger partial charge in [-0.3, -0.25) is 0 Å². The number of para-hydroxylation sites is 2. The molecule has 0 saturated heterocycles. The molecule has 0 aliphatic heterocycles. The maximum Gasteiger partial charge on any atom is 0.513 e. The van der Waals surface area contributed by atoms with Gasteiger partial charge in [0.2, 0.25) is 0 Å². The van der Waals surface area contributed by atoms with Crippen molar-refractivity contribution in [3.05, 3.63) is 96.6 Å². The lowest BCUT2D eigenvalue weighted by Crippen LogP contribution is -2.23. The van der Waals surface area contributed by atoms with Gasteiger partial charge < -0.3 is 9.05 Å². The second kappa shape index (κ2) is 8.70. The number of nitrogens with one attached hydrogen (secondary N) is 1. The monoisotopic (exact) mass is 367 g/mol. The van der Waals surface area contributed by atoms with Crippen molar-refractivity contribution in [2.45, 2.75) is 19.4 Å². The molecule has 1 N–H and O–H groups in total. The zero-order valence-electron chi connectivity index (χ0n) is 14.6. The molecule has 0 saturated carbocycles. The molecule has 26 heavy (non-hydrogen) atoms. The van der Waals surface area contributed by atoms with Crippen LogP contribution < -0.4 is 14.1 Å². The molecule has 0 spiro atoms. The first-order chi connectivity index (χ1) is 12.7. The summed E-state index contributed by atoms with van der Waals surface area (Å²) in [6, 6.07) is 27.8. The predicted octanol–water partition coefficient (Wildman–Crippen LogP) is 5.99. The van der Waals surface area contributed by atoms with Crippen LogP contribution in [-0.4, -0.2) is 0 Å². The minimum atomic E-state index is -3.65. The number of hydrogen-bond donors (Lipinski definition) is 1. The first-order valence-electron chi connectivity index (χ1n) is 8.60. The third-order valence-electron chi connectivity index (χ3n) is 3.86. The van der Waals surface area contributed by atoms with Gasteiger partial charge in [0.25, 0.3) is 0 Å². The Morgan fingerprint density at radius 3 is 1.62 bits per heavy atom. The Morgan fingerprint density at radius 1 is 0.769 bits per heavy atom. The Labute approximate surface area is 154 Å². The van der Waals surface area contributed by atoms with Crippen molar-refractivity contribution in [2.75, 3.05) is 0 Å². The van der Waals surface area contributed by atoms with Gasteiger partial charge in [-0.25, -0.2) is 4.57 Å². The molecular weight excluding hydrogens is 345 g/mol. The summed E-state index contributed by atoms with van der Waals surface area (Å²) < 4.78 is 25.1. The summed E-state index contributed by atoms with van der Waals surface area (Å²) in [5.41, 5.74) is 1.03. The van der Waals surface area contributed by atoms with Gasteiger partial charge in [-0.1, -0.05) is 73.7 Å². The topological polar surface area (TPSA) is 47.6 Å². The smallest absolute Gasteiger partial charge is 0.405 e. The SMILES string of the molecule is CC[C@H](NP(=O)(Oc1ccccc1)Oc1ccccc1)c1ccccc1. The molecule has 3 aromatic carbocycles. The summed E-state index contributed by atoms with van der Waals surface area (Å²) in [7, 11) is -3.65. The molecule has 0 heterocycles. The van der Waals surface area contributed by atoms with Crippen LogP contribution in [0, 0.1) is 0 Å². The van der Waals surface area contributed by atoms with Gasteiger partial charge in [0.05, 0.1) is 0 Å². The van der Waals surface area contributed by atoms with Crippen molar-refractivity contribution in [1.29, 1.82) is 0 Å². The molecule has 0 unspecified atom stereocenters. The standard InChI is InChI=1S/C21H22NO3P/c1-2-21(18-12-6-3-7-13-18)22-26(23,24-19-14-8-4-9-15-19)25-20-16-10-5-11-17-20/h3-17,21H,2H2,1H3,(H,22,23)/t21-/m0/s1. The molecule has 3 rings (SSSR count). The average molecular weight is 367 g/mol. The van der Waals surface area contributed by atoms with E-state index in [1.54, 1.807) is 24.3 Å². The third-order valence-corrected chi connectivity index (χ3v) is 5.39. The Bertz CT molecular complexity index is 795. The molecule has 0 bridgehead atoms. The van der Waals surface area contributed by atoms with E-state index in [-0.39, 0.29) is 6.04 Å². The summed E-state index contributed by atoms with van der Waals surface area (Å²) in [5.74, 6) is 0.976. The van der Waals surface area contributed by atoms with Gasteiger partial charge in [0, 0.05) is 6.04 Å². The van der Waals surface area contributed by atoms with Gasteiger partial charge in [0.15, 0.2) is 0 Å². The molecular formula is C21H22NO3P. The van der Waals surface area contributed by atoms with Crippen molar-refractivity contribution in [3.63, 3.8) is 0 Å². The first-order valence-corrected chi connectivity index (χ1v) is 10.1. The largest absolute Gasteiger partial charge is 0.513 e. The molecule has 0 aromatic heterocycles. The maximum atomic E-state index is 13.5. The Balaban J connectivity index is 1.87. The van der Waals surface area contributed by atoms with Gasteiger partial charge in [0.1, 0.15) is 11.5 Å². The van der Waals surface area contributed by atoms with E-state index in [2.05, 4.69) is 5.09 Å². The molecule has 0 aliphatic carbocycles. The summed E-state index contributed by atoms with van der Waals surface area (Å²) in [5, 5.41) is 3.10. The predicted molar refractivity (Wildman–Crippen MR) is 104 cm³/mol. The molecule has 4 nitrogen and oxygen atoms in total. The molecule has 0 radical (unpaired) electrons. The van der Waals surface area contributed by atoms with Gasteiger partial charge in [-0.05, 0) is 36.2 Å². The highest BCUT2D eigenvalue weighted by Crippen LogP contribution is 2.47. The van der Waals surface area contributed by atoms with Crippen LogP contribution >= 0.6 is 7.75 Å². The molecule has 134 valence electrons. The zero-order chi connectivity index (χ0) is 18.2. The lowest BCUT2D eigenvalue weighted by Gasteiger charge is -2.25. The van der Waals surface area contributed by atoms with Crippen molar-refractivity contribution in [2.24, 2.45) is 0 Å². The van der Waals surface area contributed by atoms with E-state index < -0.39 is 7.75 Å². The van der Waals surface area contributed by atoms with E-state index in [0.717, 1.165) is 12.0 Å². The fraction of sp³-hybridized carbons (Fsp3) is 0.143. The van der Waals surface area contributed by atoms with Crippen molar-refractivity contribution >= 4 is 7.75 Å². The highest BCUT2D eigenvalue weighted by molar-refractivity contribution is 7.52. The molecule has 0 amide bonds. The van der Waals surface area contributed by atoms with E-state index in [9.17, 15) is 4.57 Å². The molecule has 0 aliphatic rings. The highest BCUT2D eigenvalue weighted by Gasteiger charge is 2.32. The zero-order valence-corrected chi connectivity index (χ0v) is 15.5. The molecule has 1 atom stereocenters. The van der Waals surface area contributed by atoms with Crippen molar-refractivity contribution in [3.8, 4) is 11.5 Å². The first kappa shape index (κ1) is 18.2. The van der Waals surface area contributed by atoms with E-state index in [1.807, 2.05) is 73.7 Å². The van der Waals surface area contributed by atoms with Crippen LogP contribution in [0.1, 0.15) is 24.9 Å². The third kappa shape index (κ3) is 4.98. The normalized spacial score (nSPS) is 12.3. The van der Waals surface area contributed by atoms with Crippen LogP contribution in [-0.2, 0) is 4.57 Å². The van der Waals surface area contributed by atoms with E-state index in [4.69, 9.17) is 9.05 Å². The van der Waals surface area contributed by atoms with Crippen molar-refractivity contribution in [1.82, 2.24) is 5.09 Å². The fourth-order valence-corrected chi connectivity index (χ4v) is 4.24. The quantitative estimate of drug-likeness (QED) is 0.497. The van der Waals surface area contributed by atoms with Crippen LogP contribution in [0.25, 0.3) is 0 Å². The number of rotatable bonds is 8. The minimum absolute atomic E-state index is 0.158. The van der Waals surface area contributed by atoms with Crippen LogP contribution in [0.15, 0.2) is 91.0 Å². The van der Waals surface area contributed by atoms with E-state index in [0.29, 0.717) is 11.5 Å². The van der Waals surface area contributed by atoms with E-state index in [1.165, 1.54) is 0 Å². The van der Waals surface area contributed by atoms with Crippen LogP contribution in [0.3, 0.4) is 0 Å².